The predicted octanol–water partition coefficient (Wildman–Crippen LogP) is 2.97. The molecule has 3 heterocycles. The van der Waals surface area contributed by atoms with Gasteiger partial charge in [0.15, 0.2) is 0 Å². The molecule has 2 aromatic rings. The summed E-state index contributed by atoms with van der Waals surface area (Å²) in [5.74, 6) is 0.0623. The molecule has 1 unspecified atom stereocenters. The van der Waals surface area contributed by atoms with Gasteiger partial charge in [-0.3, -0.25) is 4.79 Å². The lowest BCUT2D eigenvalue weighted by atomic mass is 10.0. The molecule has 1 amide bonds. The van der Waals surface area contributed by atoms with E-state index in [9.17, 15) is 4.79 Å². The SMILES string of the molecule is Cc1noc2nc(C(C)C)cc(C(=O)NCCCOCC3CCCO3)c12. The first kappa shape index (κ1) is 18.8. The molecule has 1 aliphatic heterocycles. The average Bonchev–Trinajstić information content (AvgIpc) is 3.27. The van der Waals surface area contributed by atoms with Gasteiger partial charge in [-0.15, -0.1) is 0 Å². The topological polar surface area (TPSA) is 86.5 Å². The standard InChI is InChI=1S/C19H27N3O4/c1-12(2)16-10-15(17-13(3)22-26-19(17)21-16)18(23)20-7-5-8-24-11-14-6-4-9-25-14/h10,12,14H,4-9,11H2,1-3H3,(H,20,23). The molecule has 1 N–H and O–H groups in total. The number of aromatic nitrogens is 2. The number of carbonyl (C=O) groups excluding carboxylic acids is 1. The van der Waals surface area contributed by atoms with Crippen molar-refractivity contribution < 1.29 is 18.8 Å². The van der Waals surface area contributed by atoms with Crippen LogP contribution in [0.25, 0.3) is 11.1 Å². The number of nitrogens with one attached hydrogen (secondary N) is 1. The smallest absolute Gasteiger partial charge is 0.259 e. The van der Waals surface area contributed by atoms with Gasteiger partial charge in [0.1, 0.15) is 0 Å². The Morgan fingerprint density at radius 3 is 3.04 bits per heavy atom. The third-order valence-electron chi connectivity index (χ3n) is 4.55. The molecule has 7 nitrogen and oxygen atoms in total. The molecule has 0 spiro atoms. The van der Waals surface area contributed by atoms with Gasteiger partial charge in [0.25, 0.3) is 11.6 Å². The molecule has 1 saturated heterocycles. The van der Waals surface area contributed by atoms with Crippen LogP contribution < -0.4 is 5.32 Å². The van der Waals surface area contributed by atoms with E-state index in [0.29, 0.717) is 42.1 Å². The highest BCUT2D eigenvalue weighted by Crippen LogP contribution is 2.25. The number of amides is 1. The summed E-state index contributed by atoms with van der Waals surface area (Å²) < 4.78 is 16.4. The molecule has 3 rings (SSSR count). The minimum absolute atomic E-state index is 0.135. The lowest BCUT2D eigenvalue weighted by molar-refractivity contribution is 0.0166. The minimum Gasteiger partial charge on any atom is -0.379 e. The van der Waals surface area contributed by atoms with Gasteiger partial charge in [-0.1, -0.05) is 19.0 Å². The first-order valence-corrected chi connectivity index (χ1v) is 9.30. The number of carbonyl (C=O) groups is 1. The predicted molar refractivity (Wildman–Crippen MR) is 97.4 cm³/mol. The lowest BCUT2D eigenvalue weighted by Crippen LogP contribution is -2.26. The summed E-state index contributed by atoms with van der Waals surface area (Å²) in [6.45, 7) is 8.51. The normalized spacial score (nSPS) is 17.3. The number of hydrogen-bond acceptors (Lipinski definition) is 6. The van der Waals surface area contributed by atoms with E-state index in [1.807, 2.05) is 26.8 Å². The van der Waals surface area contributed by atoms with Gasteiger partial charge in [0.05, 0.1) is 29.4 Å². The number of hydrogen-bond donors (Lipinski definition) is 1. The van der Waals surface area contributed by atoms with Gasteiger partial charge in [-0.2, -0.15) is 0 Å². The molecule has 0 bridgehead atoms. The Morgan fingerprint density at radius 2 is 2.31 bits per heavy atom. The Hall–Kier alpha value is -1.99. The summed E-state index contributed by atoms with van der Waals surface area (Å²) in [7, 11) is 0. The highest BCUT2D eigenvalue weighted by Gasteiger charge is 2.19. The highest BCUT2D eigenvalue weighted by atomic mass is 16.5. The summed E-state index contributed by atoms with van der Waals surface area (Å²) in [5.41, 5.74) is 2.48. The van der Waals surface area contributed by atoms with Crippen LogP contribution in [0.15, 0.2) is 10.6 Å². The molecule has 0 radical (unpaired) electrons. The second-order valence-electron chi connectivity index (χ2n) is 7.02. The van der Waals surface area contributed by atoms with E-state index in [4.69, 9.17) is 14.0 Å². The third kappa shape index (κ3) is 4.40. The third-order valence-corrected chi connectivity index (χ3v) is 4.55. The maximum Gasteiger partial charge on any atom is 0.259 e. The Balaban J connectivity index is 1.54. The molecule has 1 fully saturated rings. The quantitative estimate of drug-likeness (QED) is 0.728. The average molecular weight is 361 g/mol. The monoisotopic (exact) mass is 361 g/mol. The van der Waals surface area contributed by atoms with Crippen molar-refractivity contribution in [1.82, 2.24) is 15.5 Å². The van der Waals surface area contributed by atoms with Crippen molar-refractivity contribution in [1.29, 1.82) is 0 Å². The number of ether oxygens (including phenoxy) is 2. The second-order valence-corrected chi connectivity index (χ2v) is 7.02. The number of nitrogens with zero attached hydrogens (tertiary/aromatic N) is 2. The zero-order valence-corrected chi connectivity index (χ0v) is 15.7. The molecule has 7 heteroatoms. The summed E-state index contributed by atoms with van der Waals surface area (Å²) in [6.07, 6.45) is 3.18. The molecule has 142 valence electrons. The van der Waals surface area contributed by atoms with E-state index >= 15 is 0 Å². The molecule has 0 aliphatic carbocycles. The van der Waals surface area contributed by atoms with E-state index in [-0.39, 0.29) is 17.9 Å². The van der Waals surface area contributed by atoms with Crippen LogP contribution in [0.5, 0.6) is 0 Å². The van der Waals surface area contributed by atoms with E-state index < -0.39 is 0 Å². The Bertz CT molecular complexity index is 751. The van der Waals surface area contributed by atoms with Crippen molar-refractivity contribution in [3.63, 3.8) is 0 Å². The van der Waals surface area contributed by atoms with Gasteiger partial charge >= 0.3 is 0 Å². The minimum atomic E-state index is -0.135. The van der Waals surface area contributed by atoms with Crippen LogP contribution in [-0.4, -0.2) is 48.5 Å². The highest BCUT2D eigenvalue weighted by molar-refractivity contribution is 6.06. The Labute approximate surface area is 153 Å². The zero-order valence-electron chi connectivity index (χ0n) is 15.7. The number of pyridine rings is 1. The van der Waals surface area contributed by atoms with Crippen molar-refractivity contribution >= 4 is 17.0 Å². The molecular weight excluding hydrogens is 334 g/mol. The van der Waals surface area contributed by atoms with E-state index in [0.717, 1.165) is 31.6 Å². The van der Waals surface area contributed by atoms with Gasteiger partial charge in [-0.25, -0.2) is 4.98 Å². The van der Waals surface area contributed by atoms with Gasteiger partial charge in [-0.05, 0) is 38.2 Å². The second kappa shape index (κ2) is 8.60. The Morgan fingerprint density at radius 1 is 1.46 bits per heavy atom. The molecular formula is C19H27N3O4. The Kier molecular flexibility index (Phi) is 6.21. The van der Waals surface area contributed by atoms with Crippen LogP contribution in [-0.2, 0) is 9.47 Å². The van der Waals surface area contributed by atoms with Gasteiger partial charge in [0, 0.05) is 25.5 Å². The molecule has 2 aromatic heterocycles. The van der Waals surface area contributed by atoms with Crippen LogP contribution >= 0.6 is 0 Å². The molecule has 0 saturated carbocycles. The molecule has 26 heavy (non-hydrogen) atoms. The number of fused-ring (bicyclic) bond motifs is 1. The summed E-state index contributed by atoms with van der Waals surface area (Å²) in [6, 6.07) is 1.83. The van der Waals surface area contributed by atoms with E-state index in [2.05, 4.69) is 15.5 Å². The van der Waals surface area contributed by atoms with Crippen molar-refractivity contribution in [3.8, 4) is 0 Å². The van der Waals surface area contributed by atoms with Crippen LogP contribution in [0.3, 0.4) is 0 Å². The van der Waals surface area contributed by atoms with Crippen molar-refractivity contribution in [2.45, 2.75) is 52.1 Å². The van der Waals surface area contributed by atoms with E-state index in [1.165, 1.54) is 0 Å². The molecule has 0 aromatic carbocycles. The number of aryl methyl sites for hydroxylation is 1. The van der Waals surface area contributed by atoms with Crippen LogP contribution in [0, 0.1) is 6.92 Å². The first-order chi connectivity index (χ1) is 12.6. The number of rotatable bonds is 8. The summed E-state index contributed by atoms with van der Waals surface area (Å²) >= 11 is 0. The van der Waals surface area contributed by atoms with Crippen LogP contribution in [0.4, 0.5) is 0 Å². The van der Waals surface area contributed by atoms with Crippen molar-refractivity contribution in [2.75, 3.05) is 26.4 Å². The lowest BCUT2D eigenvalue weighted by Gasteiger charge is -2.11. The van der Waals surface area contributed by atoms with Crippen molar-refractivity contribution in [2.24, 2.45) is 0 Å². The fraction of sp³-hybridized carbons (Fsp3) is 0.632. The maximum absolute atomic E-state index is 12.7. The van der Waals surface area contributed by atoms with Crippen LogP contribution in [0.2, 0.25) is 0 Å². The van der Waals surface area contributed by atoms with Crippen LogP contribution in [0.1, 0.15) is 60.8 Å². The summed E-state index contributed by atoms with van der Waals surface area (Å²) in [4.78, 5) is 17.1. The van der Waals surface area contributed by atoms with Gasteiger partial charge in [0.2, 0.25) is 0 Å². The largest absolute Gasteiger partial charge is 0.379 e. The van der Waals surface area contributed by atoms with Crippen molar-refractivity contribution in [3.05, 3.63) is 23.0 Å². The molecule has 1 atom stereocenters. The zero-order chi connectivity index (χ0) is 18.5. The van der Waals surface area contributed by atoms with Gasteiger partial charge < -0.3 is 19.3 Å². The fourth-order valence-corrected chi connectivity index (χ4v) is 3.05. The van der Waals surface area contributed by atoms with E-state index in [1.54, 1.807) is 0 Å². The molecule has 1 aliphatic rings. The maximum atomic E-state index is 12.7. The summed E-state index contributed by atoms with van der Waals surface area (Å²) in [5, 5.41) is 7.59. The fourth-order valence-electron chi connectivity index (χ4n) is 3.05. The first-order valence-electron chi connectivity index (χ1n) is 9.30.